The second kappa shape index (κ2) is 5.58. The van der Waals surface area contributed by atoms with Gasteiger partial charge in [-0.2, -0.15) is 0 Å². The van der Waals surface area contributed by atoms with Crippen LogP contribution in [0.15, 0.2) is 29.4 Å². The minimum atomic E-state index is 0.385. The van der Waals surface area contributed by atoms with E-state index in [1.807, 2.05) is 24.3 Å². The summed E-state index contributed by atoms with van der Waals surface area (Å²) in [7, 11) is 1.61. The molecule has 0 fully saturated rings. The van der Waals surface area contributed by atoms with Crippen molar-refractivity contribution < 1.29 is 4.74 Å². The van der Waals surface area contributed by atoms with E-state index < -0.39 is 0 Å². The van der Waals surface area contributed by atoms with Crippen LogP contribution >= 0.6 is 11.6 Å². The van der Waals surface area contributed by atoms with E-state index in [9.17, 15) is 0 Å². The molecule has 18 heavy (non-hydrogen) atoms. The monoisotopic (exact) mass is 262 g/mol. The van der Waals surface area contributed by atoms with Gasteiger partial charge in [0, 0.05) is 16.2 Å². The van der Waals surface area contributed by atoms with Gasteiger partial charge in [0.2, 0.25) is 0 Å². The summed E-state index contributed by atoms with van der Waals surface area (Å²) in [5.74, 6) is 1.60. The number of benzene rings is 1. The van der Waals surface area contributed by atoms with Crippen LogP contribution in [0, 0.1) is 0 Å². The van der Waals surface area contributed by atoms with E-state index in [-0.39, 0.29) is 0 Å². The lowest BCUT2D eigenvalue weighted by molar-refractivity contribution is 0.415. The highest BCUT2D eigenvalue weighted by molar-refractivity contribution is 6.18. The fourth-order valence-electron chi connectivity index (χ4n) is 1.73. The van der Waals surface area contributed by atoms with Crippen LogP contribution in [0.4, 0.5) is 5.82 Å². The molecule has 0 aliphatic carbocycles. The number of fused-ring (bicyclic) bond motifs is 1. The number of nitrogens with zero attached hydrogens (tertiary/aromatic N) is 4. The summed E-state index contributed by atoms with van der Waals surface area (Å²) in [5.41, 5.74) is 10.1. The molecule has 0 amide bonds. The number of halogens is 1. The minimum absolute atomic E-state index is 0.385. The van der Waals surface area contributed by atoms with Gasteiger partial charge in [0.1, 0.15) is 11.6 Å². The van der Waals surface area contributed by atoms with Gasteiger partial charge in [-0.1, -0.05) is 0 Å². The molecule has 2 rings (SSSR count). The molecular formula is C12H11ClN4O. The lowest BCUT2D eigenvalue weighted by Crippen LogP contribution is -1.91. The van der Waals surface area contributed by atoms with Crippen molar-refractivity contribution in [3.63, 3.8) is 0 Å². The Morgan fingerprint density at radius 3 is 2.94 bits per heavy atom. The highest BCUT2D eigenvalue weighted by atomic mass is 35.5. The van der Waals surface area contributed by atoms with E-state index in [1.54, 1.807) is 7.11 Å². The number of aryl methyl sites for hydroxylation is 1. The van der Waals surface area contributed by atoms with Crippen LogP contribution in [-0.4, -0.2) is 18.0 Å². The standard InChI is InChI=1S/C12H11ClN4O/c1-18-10-2-3-11-9(7-10)6-8(4-5-13)12(15-11)16-17-14/h2-3,6-7H,4-5H2,1H3. The van der Waals surface area contributed by atoms with E-state index >= 15 is 0 Å². The third-order valence-corrected chi connectivity index (χ3v) is 2.77. The fraction of sp³-hybridized carbons (Fsp3) is 0.250. The van der Waals surface area contributed by atoms with E-state index in [2.05, 4.69) is 15.0 Å². The molecule has 92 valence electrons. The summed E-state index contributed by atoms with van der Waals surface area (Å²) in [6.45, 7) is 0. The Hall–Kier alpha value is -1.97. The van der Waals surface area contributed by atoms with E-state index in [0.717, 1.165) is 22.2 Å². The highest BCUT2D eigenvalue weighted by Gasteiger charge is 2.06. The molecule has 6 heteroatoms. The van der Waals surface area contributed by atoms with Gasteiger partial charge in [-0.05, 0) is 46.9 Å². The molecule has 0 aliphatic rings. The number of rotatable bonds is 4. The molecule has 0 N–H and O–H groups in total. The van der Waals surface area contributed by atoms with Crippen molar-refractivity contribution in [1.29, 1.82) is 0 Å². The molecule has 1 aromatic carbocycles. The highest BCUT2D eigenvalue weighted by Crippen LogP contribution is 2.26. The maximum atomic E-state index is 8.53. The minimum Gasteiger partial charge on any atom is -0.497 e. The molecule has 0 radical (unpaired) electrons. The Labute approximate surface area is 109 Å². The normalized spacial score (nSPS) is 10.1. The van der Waals surface area contributed by atoms with Crippen LogP contribution in [-0.2, 0) is 6.42 Å². The second-order valence-electron chi connectivity index (χ2n) is 3.66. The molecule has 2 aromatic rings. The van der Waals surface area contributed by atoms with Gasteiger partial charge in [0.25, 0.3) is 0 Å². The molecule has 1 aromatic heterocycles. The van der Waals surface area contributed by atoms with E-state index in [0.29, 0.717) is 18.1 Å². The second-order valence-corrected chi connectivity index (χ2v) is 4.04. The average Bonchev–Trinajstić information content (AvgIpc) is 2.39. The number of azide groups is 1. The lowest BCUT2D eigenvalue weighted by atomic mass is 10.1. The molecule has 0 bridgehead atoms. The number of methoxy groups -OCH3 is 1. The number of alkyl halides is 1. The predicted molar refractivity (Wildman–Crippen MR) is 71.5 cm³/mol. The quantitative estimate of drug-likeness (QED) is 0.362. The number of aromatic nitrogens is 1. The van der Waals surface area contributed by atoms with Gasteiger partial charge in [-0.3, -0.25) is 0 Å². The van der Waals surface area contributed by atoms with E-state index in [1.165, 1.54) is 0 Å². The molecule has 0 atom stereocenters. The Bertz CT molecular complexity index is 623. The third kappa shape index (κ3) is 2.47. The van der Waals surface area contributed by atoms with Crippen molar-refractivity contribution >= 4 is 28.3 Å². The largest absolute Gasteiger partial charge is 0.497 e. The first-order valence-corrected chi connectivity index (χ1v) is 5.90. The van der Waals surface area contributed by atoms with Crippen LogP contribution < -0.4 is 4.74 Å². The first-order valence-electron chi connectivity index (χ1n) is 5.37. The first kappa shape index (κ1) is 12.5. The average molecular weight is 263 g/mol. The number of hydrogen-bond acceptors (Lipinski definition) is 3. The van der Waals surface area contributed by atoms with Gasteiger partial charge >= 0.3 is 0 Å². The first-order chi connectivity index (χ1) is 8.78. The van der Waals surface area contributed by atoms with Crippen molar-refractivity contribution in [3.05, 3.63) is 40.3 Å². The molecule has 1 heterocycles. The van der Waals surface area contributed by atoms with Gasteiger partial charge in [-0.15, -0.1) is 11.6 Å². The fourth-order valence-corrected chi connectivity index (χ4v) is 1.93. The van der Waals surface area contributed by atoms with Crippen molar-refractivity contribution in [2.45, 2.75) is 6.42 Å². The molecule has 0 aliphatic heterocycles. The van der Waals surface area contributed by atoms with Crippen LogP contribution in [0.25, 0.3) is 21.3 Å². The van der Waals surface area contributed by atoms with Crippen LogP contribution in [0.5, 0.6) is 5.75 Å². The zero-order chi connectivity index (χ0) is 13.0. The molecule has 0 spiro atoms. The van der Waals surface area contributed by atoms with Crippen molar-refractivity contribution in [2.75, 3.05) is 13.0 Å². The summed E-state index contributed by atoms with van der Waals surface area (Å²) in [4.78, 5) is 7.11. The van der Waals surface area contributed by atoms with Gasteiger partial charge < -0.3 is 4.74 Å². The zero-order valence-electron chi connectivity index (χ0n) is 9.80. The SMILES string of the molecule is COc1ccc2nc(N=[N+]=[N-])c(CCCl)cc2c1. The molecular weight excluding hydrogens is 252 g/mol. The Morgan fingerprint density at radius 2 is 2.28 bits per heavy atom. The van der Waals surface area contributed by atoms with Crippen molar-refractivity contribution in [2.24, 2.45) is 5.11 Å². The van der Waals surface area contributed by atoms with Gasteiger partial charge in [-0.25, -0.2) is 4.98 Å². The summed E-state index contributed by atoms with van der Waals surface area (Å²) in [6.07, 6.45) is 0.607. The third-order valence-electron chi connectivity index (χ3n) is 2.58. The summed E-state index contributed by atoms with van der Waals surface area (Å²) < 4.78 is 5.16. The summed E-state index contributed by atoms with van der Waals surface area (Å²) >= 11 is 5.73. The van der Waals surface area contributed by atoms with Crippen LogP contribution in [0.3, 0.4) is 0 Å². The smallest absolute Gasteiger partial charge is 0.130 e. The summed E-state index contributed by atoms with van der Waals surface area (Å²) in [6, 6.07) is 7.46. The molecule has 5 nitrogen and oxygen atoms in total. The van der Waals surface area contributed by atoms with Crippen molar-refractivity contribution in [3.8, 4) is 5.75 Å². The maximum Gasteiger partial charge on any atom is 0.130 e. The Morgan fingerprint density at radius 1 is 1.44 bits per heavy atom. The maximum absolute atomic E-state index is 8.53. The molecule has 0 saturated carbocycles. The molecule has 0 saturated heterocycles. The zero-order valence-corrected chi connectivity index (χ0v) is 10.6. The Balaban J connectivity index is 2.63. The van der Waals surface area contributed by atoms with Gasteiger partial charge in [0.05, 0.1) is 12.6 Å². The summed E-state index contributed by atoms with van der Waals surface area (Å²) in [5, 5.41) is 4.53. The topological polar surface area (TPSA) is 70.9 Å². The number of hydrogen-bond donors (Lipinski definition) is 0. The number of ether oxygens (including phenoxy) is 1. The lowest BCUT2D eigenvalue weighted by Gasteiger charge is -2.07. The van der Waals surface area contributed by atoms with Crippen molar-refractivity contribution in [1.82, 2.24) is 4.98 Å². The van der Waals surface area contributed by atoms with Crippen LogP contribution in [0.1, 0.15) is 5.56 Å². The number of pyridine rings is 1. The Kier molecular flexibility index (Phi) is 3.87. The van der Waals surface area contributed by atoms with Gasteiger partial charge in [0.15, 0.2) is 0 Å². The van der Waals surface area contributed by atoms with Crippen LogP contribution in [0.2, 0.25) is 0 Å². The van der Waals surface area contributed by atoms with E-state index in [4.69, 9.17) is 21.9 Å². The molecule has 0 unspecified atom stereocenters. The predicted octanol–water partition coefficient (Wildman–Crippen LogP) is 3.97.